The molecule has 3 heterocycles. The molecule has 7 nitrogen and oxygen atoms in total. The summed E-state index contributed by atoms with van der Waals surface area (Å²) < 4.78 is 59.7. The Labute approximate surface area is 403 Å². The molecule has 0 spiro atoms. The number of fused-ring (bicyclic) bond motifs is 1. The van der Waals surface area contributed by atoms with Gasteiger partial charge in [-0.3, -0.25) is 4.79 Å². The minimum absolute atomic E-state index is 0. The summed E-state index contributed by atoms with van der Waals surface area (Å²) in [7, 11) is 0. The monoisotopic (exact) mass is 954 g/mol. The second kappa shape index (κ2) is 22.5. The van der Waals surface area contributed by atoms with Gasteiger partial charge >= 0.3 is 138 Å². The van der Waals surface area contributed by atoms with Gasteiger partial charge in [0.15, 0.2) is 0 Å². The van der Waals surface area contributed by atoms with Crippen LogP contribution in [0.2, 0.25) is 15.5 Å². The summed E-state index contributed by atoms with van der Waals surface area (Å²) in [6.07, 6.45) is 1.94. The van der Waals surface area contributed by atoms with Crippen LogP contribution in [0.15, 0.2) is 48.5 Å². The maximum absolute atomic E-state index is 14.0. The molecule has 2 atom stereocenters. The number of ether oxygens (including phenoxy) is 1. The summed E-state index contributed by atoms with van der Waals surface area (Å²) in [6, 6.07) is 9.88. The molecule has 2 unspecified atom stereocenters. The minimum Gasteiger partial charge on any atom is -1.00 e. The number of aliphatic hydroxyl groups excluding tert-OH is 1. The van der Waals surface area contributed by atoms with E-state index < -0.39 is 29.4 Å². The summed E-state index contributed by atoms with van der Waals surface area (Å²) in [5, 5.41) is 18.3. The van der Waals surface area contributed by atoms with Gasteiger partial charge in [0.05, 0.1) is 12.2 Å². The minimum atomic E-state index is -0.702. The summed E-state index contributed by atoms with van der Waals surface area (Å²) in [5.74, 6) is -2.15. The van der Waals surface area contributed by atoms with E-state index in [1.165, 1.54) is 30.3 Å². The van der Waals surface area contributed by atoms with E-state index in [9.17, 15) is 22.7 Å². The van der Waals surface area contributed by atoms with E-state index in [1.807, 2.05) is 6.92 Å². The first-order chi connectivity index (χ1) is 21.3. The molecule has 4 aromatic rings. The van der Waals surface area contributed by atoms with Crippen molar-refractivity contribution in [2.24, 2.45) is 0 Å². The number of pyridine rings is 2. The van der Waals surface area contributed by atoms with E-state index in [1.54, 1.807) is 13.0 Å². The third kappa shape index (κ3) is 13.9. The average Bonchev–Trinajstić information content (AvgIpc) is 2.96. The zero-order chi connectivity index (χ0) is 33.3. The van der Waals surface area contributed by atoms with E-state index in [4.69, 9.17) is 49.6 Å². The molecule has 2 aromatic heterocycles. The first kappa shape index (κ1) is 45.6. The van der Waals surface area contributed by atoms with Gasteiger partial charge in [-0.2, -0.15) is 0 Å². The Morgan fingerprint density at radius 2 is 1.47 bits per heavy atom. The predicted molar refractivity (Wildman–Crippen MR) is 161 cm³/mol. The Morgan fingerprint density at radius 1 is 0.957 bits per heavy atom. The number of aliphatic hydroxyl groups is 1. The van der Waals surface area contributed by atoms with Crippen molar-refractivity contribution < 1.29 is 182 Å². The molecular formula is C31H27Cl3Cs2F4N2O5. The number of hydrogen-bond acceptors (Lipinski definition) is 7. The largest absolute Gasteiger partial charge is 1.00 e. The van der Waals surface area contributed by atoms with E-state index in [0.29, 0.717) is 41.0 Å². The summed E-state index contributed by atoms with van der Waals surface area (Å²) >= 11 is 17.9. The second-order valence-electron chi connectivity index (χ2n) is 9.83. The van der Waals surface area contributed by atoms with Gasteiger partial charge in [-0.25, -0.2) is 27.5 Å². The van der Waals surface area contributed by atoms with Crippen LogP contribution < -0.4 is 148 Å². The van der Waals surface area contributed by atoms with Crippen LogP contribution in [0.3, 0.4) is 0 Å². The zero-order valence-corrected chi connectivity index (χ0v) is 40.6. The van der Waals surface area contributed by atoms with E-state index >= 15 is 0 Å². The third-order valence-electron chi connectivity index (χ3n) is 6.51. The number of nitrogens with zero attached hydrogens (tertiary/aromatic N) is 2. The summed E-state index contributed by atoms with van der Waals surface area (Å²) in [4.78, 5) is 19.3. The van der Waals surface area contributed by atoms with Gasteiger partial charge in [-0.05, 0) is 92.6 Å². The van der Waals surface area contributed by atoms with Crippen molar-refractivity contribution in [3.63, 3.8) is 0 Å². The zero-order valence-electron chi connectivity index (χ0n) is 26.8. The first-order valence-corrected chi connectivity index (χ1v) is 14.5. The van der Waals surface area contributed by atoms with Crippen molar-refractivity contribution in [2.75, 3.05) is 0 Å². The normalized spacial score (nSPS) is 13.5. The van der Waals surface area contributed by atoms with Crippen LogP contribution in [0.1, 0.15) is 39.2 Å². The number of benzene rings is 2. The molecular weight excluding hydrogens is 929 g/mol. The van der Waals surface area contributed by atoms with Crippen molar-refractivity contribution in [2.45, 2.75) is 51.7 Å². The van der Waals surface area contributed by atoms with E-state index in [2.05, 4.69) is 14.9 Å². The van der Waals surface area contributed by atoms with Crippen LogP contribution in [0.5, 0.6) is 5.88 Å². The van der Waals surface area contributed by atoms with Gasteiger partial charge in [0.1, 0.15) is 38.7 Å². The van der Waals surface area contributed by atoms with Crippen LogP contribution in [0, 0.1) is 23.3 Å². The molecule has 0 bridgehead atoms. The molecule has 47 heavy (non-hydrogen) atoms. The number of aromatic nitrogens is 2. The number of rotatable bonds is 6. The Balaban J connectivity index is 0.000000784. The fraction of sp³-hybridized carbons (Fsp3) is 0.258. The van der Waals surface area contributed by atoms with Gasteiger partial charge in [-0.1, -0.05) is 34.8 Å². The van der Waals surface area contributed by atoms with Crippen LogP contribution in [0.4, 0.5) is 17.6 Å². The van der Waals surface area contributed by atoms with Gasteiger partial charge < -0.3 is 21.4 Å². The van der Waals surface area contributed by atoms with Crippen LogP contribution in [-0.2, 0) is 22.5 Å². The Bertz CT molecular complexity index is 1660. The van der Waals surface area contributed by atoms with Gasteiger partial charge in [-0.15, -0.1) is 0 Å². The molecule has 0 radical (unpaired) electrons. The van der Waals surface area contributed by atoms with Crippen molar-refractivity contribution in [1.29, 1.82) is 0 Å². The van der Waals surface area contributed by atoms with Crippen LogP contribution >= 0.6 is 34.8 Å². The topological polar surface area (TPSA) is 105 Å². The molecule has 0 saturated carbocycles. The summed E-state index contributed by atoms with van der Waals surface area (Å²) in [5.41, 5.74) is 2.97. The standard InChI is InChI=1S/C15H13Cl2F2NO.C15H12ClF2NO.CH2O3.2Cs.H/c1-8(21)2-4-11-12(7-14(16)20-15(11)17)10-5-3-9(18)6-13(10)19;1-8-2-4-11-12(7-14(16)19-15(11)20-8)10-5-3-9(17)6-13(10)18;2-1-4-3;;;/h3,5-8,21H,2,4H2,1H3;3,5-8H,2,4H2,1H3;1,3H;;;/q;;;2*+1;-1/p-1. The first-order valence-electron chi connectivity index (χ1n) is 13.4. The SMILES string of the molecule is CC(O)CCc1c(-c2ccc(F)cc2F)cc(Cl)nc1Cl.CC1CCc2c(-c3ccc(F)cc3F)cc(Cl)nc2O1.O=CO[O-].[Cs+].[Cs+].[H-]. The van der Waals surface area contributed by atoms with Crippen molar-refractivity contribution in [1.82, 2.24) is 9.97 Å². The maximum Gasteiger partial charge on any atom is 1.00 e. The molecule has 242 valence electrons. The maximum atomic E-state index is 14.0. The van der Waals surface area contributed by atoms with Crippen molar-refractivity contribution in [3.8, 4) is 28.1 Å². The summed E-state index contributed by atoms with van der Waals surface area (Å²) in [6.45, 7) is 3.42. The number of carbonyl (C=O) groups excluding carboxylic acids is 1. The van der Waals surface area contributed by atoms with Crippen molar-refractivity contribution >= 4 is 41.3 Å². The molecule has 2 aromatic carbocycles. The quantitative estimate of drug-likeness (QED) is 0.103. The van der Waals surface area contributed by atoms with Gasteiger partial charge in [0, 0.05) is 28.8 Å². The third-order valence-corrected chi connectivity index (χ3v) is 7.21. The van der Waals surface area contributed by atoms with E-state index in [0.717, 1.165) is 30.5 Å². The molecule has 1 N–H and O–H groups in total. The van der Waals surface area contributed by atoms with Crippen LogP contribution in [0.25, 0.3) is 22.3 Å². The molecule has 0 aliphatic carbocycles. The smallest absolute Gasteiger partial charge is 1.00 e. The van der Waals surface area contributed by atoms with Crippen molar-refractivity contribution in [3.05, 3.63) is 98.4 Å². The molecule has 0 fully saturated rings. The Morgan fingerprint density at radius 3 is 1.98 bits per heavy atom. The fourth-order valence-electron chi connectivity index (χ4n) is 4.45. The molecule has 1 aliphatic heterocycles. The molecule has 0 amide bonds. The second-order valence-corrected chi connectivity index (χ2v) is 11.0. The predicted octanol–water partition coefficient (Wildman–Crippen LogP) is 1.60. The van der Waals surface area contributed by atoms with Crippen LogP contribution in [-0.4, -0.2) is 33.8 Å². The number of halogens is 7. The number of carbonyl (C=O) groups is 1. The Kier molecular flexibility index (Phi) is 21.9. The molecule has 5 rings (SSSR count). The average molecular weight is 956 g/mol. The Hall–Kier alpha value is 0.624. The molecule has 1 aliphatic rings. The van der Waals surface area contributed by atoms with E-state index in [-0.39, 0.29) is 173 Å². The van der Waals surface area contributed by atoms with Gasteiger partial charge in [0.2, 0.25) is 5.88 Å². The number of hydrogen-bond donors (Lipinski definition) is 1. The fourth-order valence-corrected chi connectivity index (χ4v) is 5.16. The molecule has 0 saturated heterocycles. The molecule has 16 heteroatoms. The van der Waals surface area contributed by atoms with Gasteiger partial charge in [0.25, 0.3) is 6.47 Å².